The molecule has 154 valence electrons. The first-order chi connectivity index (χ1) is 14.0. The number of ketones is 2. The molecule has 4 rings (SSSR count). The lowest BCUT2D eigenvalue weighted by Crippen LogP contribution is -2.69. The van der Waals surface area contributed by atoms with Crippen LogP contribution in [-0.4, -0.2) is 48.3 Å². The lowest BCUT2D eigenvalue weighted by molar-refractivity contribution is -0.147. The van der Waals surface area contributed by atoms with E-state index in [9.17, 15) is 9.59 Å². The molecule has 0 amide bonds. The standard InChI is InChI=1S/C21H24Cl2N4O2/c22-15-6-3-12(10-16(15)23)11-26-18-17(19(28)20(18)29)24-9-7-14-5-4-13-2-1-8-25-21(13)27-14/h3-6,12,17-18,24,26H,1-2,7-11H2,(H,25,27). The van der Waals surface area contributed by atoms with E-state index in [4.69, 9.17) is 23.2 Å². The van der Waals surface area contributed by atoms with Crippen LogP contribution in [0, 0.1) is 5.92 Å². The van der Waals surface area contributed by atoms with E-state index in [1.54, 1.807) is 6.08 Å². The van der Waals surface area contributed by atoms with Gasteiger partial charge in [0.05, 0.1) is 17.1 Å². The Morgan fingerprint density at radius 2 is 1.93 bits per heavy atom. The number of nitrogens with zero attached hydrogens (tertiary/aromatic N) is 1. The van der Waals surface area contributed by atoms with Crippen LogP contribution in [-0.2, 0) is 22.4 Å². The lowest BCUT2D eigenvalue weighted by Gasteiger charge is -2.35. The predicted octanol–water partition coefficient (Wildman–Crippen LogP) is 2.32. The number of nitrogens with one attached hydrogen (secondary N) is 3. The number of Topliss-reactive ketones (excluding diaryl/α,β-unsaturated/α-hetero) is 2. The maximum absolute atomic E-state index is 12.0. The molecule has 1 aromatic heterocycles. The van der Waals surface area contributed by atoms with Crippen molar-refractivity contribution >= 4 is 40.6 Å². The third-order valence-corrected chi connectivity index (χ3v) is 6.46. The highest BCUT2D eigenvalue weighted by Crippen LogP contribution is 2.28. The number of carbonyl (C=O) groups is 2. The van der Waals surface area contributed by atoms with Crippen molar-refractivity contribution in [2.45, 2.75) is 37.8 Å². The number of pyridine rings is 1. The molecule has 3 unspecified atom stereocenters. The average molecular weight is 435 g/mol. The highest BCUT2D eigenvalue weighted by molar-refractivity contribution is 6.49. The maximum Gasteiger partial charge on any atom is 0.219 e. The van der Waals surface area contributed by atoms with Gasteiger partial charge in [-0.1, -0.05) is 35.3 Å². The van der Waals surface area contributed by atoms with Crippen LogP contribution in [0.25, 0.3) is 0 Å². The van der Waals surface area contributed by atoms with Gasteiger partial charge in [0, 0.05) is 36.8 Å². The molecule has 0 aromatic carbocycles. The minimum atomic E-state index is -0.491. The molecule has 0 spiro atoms. The Morgan fingerprint density at radius 3 is 2.72 bits per heavy atom. The van der Waals surface area contributed by atoms with Gasteiger partial charge in [-0.2, -0.15) is 0 Å². The topological polar surface area (TPSA) is 83.1 Å². The van der Waals surface area contributed by atoms with Gasteiger partial charge in [-0.15, -0.1) is 0 Å². The average Bonchev–Trinajstić information content (AvgIpc) is 2.74. The number of carbonyl (C=O) groups excluding carboxylic acids is 2. The third kappa shape index (κ3) is 4.56. The number of rotatable bonds is 7. The van der Waals surface area contributed by atoms with Crippen LogP contribution in [0.5, 0.6) is 0 Å². The highest BCUT2D eigenvalue weighted by atomic mass is 35.5. The zero-order chi connectivity index (χ0) is 20.4. The van der Waals surface area contributed by atoms with Crippen molar-refractivity contribution in [1.29, 1.82) is 0 Å². The zero-order valence-corrected chi connectivity index (χ0v) is 17.5. The second kappa shape index (κ2) is 8.96. The molecule has 8 heteroatoms. The molecule has 6 nitrogen and oxygen atoms in total. The quantitative estimate of drug-likeness (QED) is 0.571. The fraction of sp³-hybridized carbons (Fsp3) is 0.476. The Balaban J connectivity index is 1.26. The molecule has 29 heavy (non-hydrogen) atoms. The zero-order valence-electron chi connectivity index (χ0n) is 16.0. The van der Waals surface area contributed by atoms with E-state index in [0.29, 0.717) is 36.0 Å². The summed E-state index contributed by atoms with van der Waals surface area (Å²) < 4.78 is 0. The molecule has 3 N–H and O–H groups in total. The van der Waals surface area contributed by atoms with Crippen molar-refractivity contribution in [3.8, 4) is 0 Å². The van der Waals surface area contributed by atoms with Crippen molar-refractivity contribution in [2.24, 2.45) is 5.92 Å². The summed E-state index contributed by atoms with van der Waals surface area (Å²) in [5.41, 5.74) is 2.23. The summed E-state index contributed by atoms with van der Waals surface area (Å²) in [5.74, 6) is 0.402. The van der Waals surface area contributed by atoms with Crippen LogP contribution >= 0.6 is 23.2 Å². The minimum Gasteiger partial charge on any atom is -0.370 e. The van der Waals surface area contributed by atoms with E-state index in [1.807, 2.05) is 12.1 Å². The summed E-state index contributed by atoms with van der Waals surface area (Å²) in [6.07, 6.45) is 7.28. The molecule has 0 saturated heterocycles. The number of hydrogen-bond donors (Lipinski definition) is 3. The molecule has 0 radical (unpaired) electrons. The van der Waals surface area contributed by atoms with Crippen LogP contribution in [0.3, 0.4) is 0 Å². The molecule has 1 saturated carbocycles. The fourth-order valence-corrected chi connectivity index (χ4v) is 4.33. The van der Waals surface area contributed by atoms with Crippen LogP contribution < -0.4 is 16.0 Å². The molecule has 1 fully saturated rings. The number of allylic oxidation sites excluding steroid dienone is 3. The van der Waals surface area contributed by atoms with Gasteiger partial charge < -0.3 is 16.0 Å². The minimum absolute atomic E-state index is 0.154. The van der Waals surface area contributed by atoms with Crippen molar-refractivity contribution in [3.05, 3.63) is 45.6 Å². The highest BCUT2D eigenvalue weighted by Gasteiger charge is 2.48. The predicted molar refractivity (Wildman–Crippen MR) is 114 cm³/mol. The third-order valence-electron chi connectivity index (χ3n) is 5.65. The first-order valence-corrected chi connectivity index (χ1v) is 10.8. The summed E-state index contributed by atoms with van der Waals surface area (Å²) in [6, 6.07) is 3.18. The van der Waals surface area contributed by atoms with Crippen LogP contribution in [0.4, 0.5) is 5.82 Å². The van der Waals surface area contributed by atoms with E-state index in [2.05, 4.69) is 27.0 Å². The largest absolute Gasteiger partial charge is 0.370 e. The number of aryl methyl sites for hydroxylation is 1. The normalized spacial score (nSPS) is 26.2. The van der Waals surface area contributed by atoms with Gasteiger partial charge in [-0.3, -0.25) is 9.59 Å². The second-order valence-corrected chi connectivity index (χ2v) is 8.58. The molecule has 3 aliphatic rings. The summed E-state index contributed by atoms with van der Waals surface area (Å²) >= 11 is 12.1. The van der Waals surface area contributed by atoms with Gasteiger partial charge in [0.1, 0.15) is 5.82 Å². The Bertz CT molecular complexity index is 883. The molecular formula is C21H24Cl2N4O2. The van der Waals surface area contributed by atoms with Crippen molar-refractivity contribution in [3.63, 3.8) is 0 Å². The van der Waals surface area contributed by atoms with Gasteiger partial charge in [-0.05, 0) is 42.9 Å². The first-order valence-electron chi connectivity index (χ1n) is 10.0. The number of anilines is 1. The number of fused-ring (bicyclic) bond motifs is 1. The van der Waals surface area contributed by atoms with Gasteiger partial charge in [0.2, 0.25) is 11.6 Å². The van der Waals surface area contributed by atoms with E-state index >= 15 is 0 Å². The Hall–Kier alpha value is -1.73. The molecular weight excluding hydrogens is 411 g/mol. The van der Waals surface area contributed by atoms with Gasteiger partial charge in [-0.25, -0.2) is 4.98 Å². The van der Waals surface area contributed by atoms with Crippen molar-refractivity contribution in [1.82, 2.24) is 15.6 Å². The van der Waals surface area contributed by atoms with Gasteiger partial charge in [0.15, 0.2) is 0 Å². The number of halogens is 2. The second-order valence-electron chi connectivity index (χ2n) is 7.71. The van der Waals surface area contributed by atoms with Crippen LogP contribution in [0.2, 0.25) is 0 Å². The van der Waals surface area contributed by atoms with Crippen molar-refractivity contribution < 1.29 is 9.59 Å². The lowest BCUT2D eigenvalue weighted by atomic mass is 9.82. The summed E-state index contributed by atoms with van der Waals surface area (Å²) in [4.78, 5) is 28.7. The monoisotopic (exact) mass is 434 g/mol. The summed E-state index contributed by atoms with van der Waals surface area (Å²) in [6.45, 7) is 2.11. The fourth-order valence-electron chi connectivity index (χ4n) is 3.92. The molecule has 0 bridgehead atoms. The van der Waals surface area contributed by atoms with Gasteiger partial charge >= 0.3 is 0 Å². The number of aromatic nitrogens is 1. The van der Waals surface area contributed by atoms with Gasteiger partial charge in [0.25, 0.3) is 0 Å². The first kappa shape index (κ1) is 20.5. The molecule has 2 heterocycles. The van der Waals surface area contributed by atoms with E-state index in [0.717, 1.165) is 30.9 Å². The molecule has 2 aliphatic carbocycles. The summed E-state index contributed by atoms with van der Waals surface area (Å²) in [7, 11) is 0. The van der Waals surface area contributed by atoms with Crippen LogP contribution in [0.1, 0.15) is 24.1 Å². The molecule has 1 aliphatic heterocycles. The Morgan fingerprint density at radius 1 is 1.14 bits per heavy atom. The molecule has 1 aromatic rings. The van der Waals surface area contributed by atoms with Crippen LogP contribution in [0.15, 0.2) is 34.3 Å². The van der Waals surface area contributed by atoms with Crippen molar-refractivity contribution in [2.75, 3.05) is 25.0 Å². The summed E-state index contributed by atoms with van der Waals surface area (Å²) in [5, 5.41) is 10.9. The van der Waals surface area contributed by atoms with E-state index in [1.165, 1.54) is 5.56 Å². The SMILES string of the molecule is O=C1C(=O)C(NCC2C=CC(Cl)=C(Cl)C2)C1NCCc1ccc2c(n1)NCCC2. The Labute approximate surface area is 180 Å². The van der Waals surface area contributed by atoms with E-state index in [-0.39, 0.29) is 17.5 Å². The maximum atomic E-state index is 12.0. The number of hydrogen-bond acceptors (Lipinski definition) is 6. The Kier molecular flexibility index (Phi) is 6.35. The smallest absolute Gasteiger partial charge is 0.219 e. The molecule has 3 atom stereocenters. The van der Waals surface area contributed by atoms with E-state index < -0.39 is 12.1 Å².